The highest BCUT2D eigenvalue weighted by Crippen LogP contribution is 2.35. The summed E-state index contributed by atoms with van der Waals surface area (Å²) in [7, 11) is 1.88. The highest BCUT2D eigenvalue weighted by Gasteiger charge is 2.24. The summed E-state index contributed by atoms with van der Waals surface area (Å²) in [5, 5.41) is 2.92. The van der Waals surface area contributed by atoms with E-state index in [9.17, 15) is 4.79 Å². The SMILES string of the molecule is CC1CCC(N(C)C(=O)NCCOc2ccc3c(c2)OCO3)CC1. The number of nitrogens with zero attached hydrogens (tertiary/aromatic N) is 1. The average Bonchev–Trinajstić information content (AvgIpc) is 3.06. The average molecular weight is 334 g/mol. The van der Waals surface area contributed by atoms with Crippen molar-refractivity contribution in [3.05, 3.63) is 18.2 Å². The zero-order valence-electron chi connectivity index (χ0n) is 14.4. The summed E-state index contributed by atoms with van der Waals surface area (Å²) in [6.45, 7) is 3.42. The van der Waals surface area contributed by atoms with Crippen molar-refractivity contribution < 1.29 is 19.0 Å². The maximum absolute atomic E-state index is 12.2. The molecule has 0 spiro atoms. The maximum Gasteiger partial charge on any atom is 0.317 e. The van der Waals surface area contributed by atoms with Gasteiger partial charge in [-0.3, -0.25) is 0 Å². The van der Waals surface area contributed by atoms with Crippen molar-refractivity contribution in [1.29, 1.82) is 0 Å². The monoisotopic (exact) mass is 334 g/mol. The van der Waals surface area contributed by atoms with Crippen LogP contribution in [0.2, 0.25) is 0 Å². The molecule has 0 unspecified atom stereocenters. The number of amides is 2. The van der Waals surface area contributed by atoms with E-state index in [1.807, 2.05) is 24.1 Å². The zero-order valence-corrected chi connectivity index (χ0v) is 14.4. The van der Waals surface area contributed by atoms with E-state index in [-0.39, 0.29) is 12.8 Å². The number of fused-ring (bicyclic) bond motifs is 1. The zero-order chi connectivity index (χ0) is 16.9. The Balaban J connectivity index is 1.37. The van der Waals surface area contributed by atoms with Gasteiger partial charge in [-0.15, -0.1) is 0 Å². The standard InChI is InChI=1S/C18H26N2O4/c1-13-3-5-14(6-4-13)20(2)18(21)19-9-10-22-15-7-8-16-17(11-15)24-12-23-16/h7-8,11,13-14H,3-6,9-10,12H2,1-2H3,(H,19,21). The van der Waals surface area contributed by atoms with Crippen molar-refractivity contribution >= 4 is 6.03 Å². The Morgan fingerprint density at radius 1 is 1.25 bits per heavy atom. The third-order valence-corrected chi connectivity index (χ3v) is 4.84. The van der Waals surface area contributed by atoms with Gasteiger partial charge in [0, 0.05) is 19.2 Å². The number of hydrogen-bond donors (Lipinski definition) is 1. The van der Waals surface area contributed by atoms with Crippen LogP contribution in [0.4, 0.5) is 4.79 Å². The molecule has 1 N–H and O–H groups in total. The summed E-state index contributed by atoms with van der Waals surface area (Å²) in [6.07, 6.45) is 4.60. The number of benzene rings is 1. The highest BCUT2D eigenvalue weighted by molar-refractivity contribution is 5.74. The van der Waals surface area contributed by atoms with Gasteiger partial charge in [0.25, 0.3) is 0 Å². The van der Waals surface area contributed by atoms with Gasteiger partial charge >= 0.3 is 6.03 Å². The van der Waals surface area contributed by atoms with E-state index in [2.05, 4.69) is 12.2 Å². The fraction of sp³-hybridized carbons (Fsp3) is 0.611. The van der Waals surface area contributed by atoms with Crippen molar-refractivity contribution in [3.63, 3.8) is 0 Å². The molecule has 1 fully saturated rings. The van der Waals surface area contributed by atoms with E-state index in [0.717, 1.165) is 24.5 Å². The summed E-state index contributed by atoms with van der Waals surface area (Å²) in [5.41, 5.74) is 0. The van der Waals surface area contributed by atoms with Gasteiger partial charge in [-0.1, -0.05) is 6.92 Å². The number of hydrogen-bond acceptors (Lipinski definition) is 4. The number of nitrogens with one attached hydrogen (secondary N) is 1. The fourth-order valence-corrected chi connectivity index (χ4v) is 3.21. The second-order valence-electron chi connectivity index (χ2n) is 6.62. The van der Waals surface area contributed by atoms with Crippen LogP contribution in [0.25, 0.3) is 0 Å². The molecule has 3 rings (SSSR count). The largest absolute Gasteiger partial charge is 0.492 e. The van der Waals surface area contributed by atoms with Gasteiger partial charge in [0.15, 0.2) is 11.5 Å². The van der Waals surface area contributed by atoms with Crippen LogP contribution >= 0.6 is 0 Å². The third kappa shape index (κ3) is 4.04. The molecule has 1 heterocycles. The lowest BCUT2D eigenvalue weighted by molar-refractivity contribution is 0.162. The molecule has 1 aliphatic carbocycles. The summed E-state index contributed by atoms with van der Waals surface area (Å²) >= 11 is 0. The number of urea groups is 1. The van der Waals surface area contributed by atoms with Gasteiger partial charge in [-0.25, -0.2) is 4.79 Å². The van der Waals surface area contributed by atoms with Crippen LogP contribution in [-0.2, 0) is 0 Å². The molecule has 0 radical (unpaired) electrons. The lowest BCUT2D eigenvalue weighted by Gasteiger charge is -2.33. The Bertz CT molecular complexity index is 570. The first-order valence-corrected chi connectivity index (χ1v) is 8.66. The molecule has 1 saturated carbocycles. The van der Waals surface area contributed by atoms with Gasteiger partial charge < -0.3 is 24.4 Å². The second kappa shape index (κ2) is 7.64. The maximum atomic E-state index is 12.2. The van der Waals surface area contributed by atoms with E-state index in [1.165, 1.54) is 12.8 Å². The van der Waals surface area contributed by atoms with Crippen LogP contribution in [-0.4, -0.2) is 44.0 Å². The van der Waals surface area contributed by atoms with Crippen molar-refractivity contribution in [3.8, 4) is 17.2 Å². The normalized spacial score (nSPS) is 22.1. The van der Waals surface area contributed by atoms with Crippen LogP contribution in [0.15, 0.2) is 18.2 Å². The molecule has 1 aliphatic heterocycles. The Labute approximate surface area is 143 Å². The van der Waals surface area contributed by atoms with E-state index in [4.69, 9.17) is 14.2 Å². The molecule has 6 heteroatoms. The lowest BCUT2D eigenvalue weighted by atomic mass is 9.87. The highest BCUT2D eigenvalue weighted by atomic mass is 16.7. The smallest absolute Gasteiger partial charge is 0.317 e. The van der Waals surface area contributed by atoms with Crippen molar-refractivity contribution in [2.75, 3.05) is 27.0 Å². The number of carbonyl (C=O) groups is 1. The first-order valence-electron chi connectivity index (χ1n) is 8.66. The Morgan fingerprint density at radius 3 is 2.79 bits per heavy atom. The van der Waals surface area contributed by atoms with Gasteiger partial charge in [-0.05, 0) is 43.7 Å². The van der Waals surface area contributed by atoms with Crippen LogP contribution in [0.5, 0.6) is 17.2 Å². The van der Waals surface area contributed by atoms with Crippen molar-refractivity contribution in [2.45, 2.75) is 38.6 Å². The van der Waals surface area contributed by atoms with Crippen LogP contribution in [0.3, 0.4) is 0 Å². The van der Waals surface area contributed by atoms with E-state index in [1.54, 1.807) is 6.07 Å². The topological polar surface area (TPSA) is 60.0 Å². The predicted molar refractivity (Wildman–Crippen MR) is 90.6 cm³/mol. The molecule has 0 aromatic heterocycles. The minimum atomic E-state index is -0.0242. The van der Waals surface area contributed by atoms with Gasteiger partial charge in [-0.2, -0.15) is 0 Å². The number of carbonyl (C=O) groups excluding carboxylic acids is 1. The summed E-state index contributed by atoms with van der Waals surface area (Å²) < 4.78 is 16.2. The number of rotatable bonds is 5. The minimum absolute atomic E-state index is 0.0242. The van der Waals surface area contributed by atoms with Crippen LogP contribution in [0, 0.1) is 5.92 Å². The number of ether oxygens (including phenoxy) is 3. The molecule has 2 aliphatic rings. The predicted octanol–water partition coefficient (Wildman–Crippen LogP) is 3.01. The Hall–Kier alpha value is -2.11. The van der Waals surface area contributed by atoms with E-state index >= 15 is 0 Å². The van der Waals surface area contributed by atoms with Crippen molar-refractivity contribution in [1.82, 2.24) is 10.2 Å². The molecule has 1 aromatic rings. The molecule has 2 amide bonds. The van der Waals surface area contributed by atoms with Crippen LogP contribution in [0.1, 0.15) is 32.6 Å². The third-order valence-electron chi connectivity index (χ3n) is 4.84. The molecular weight excluding hydrogens is 308 g/mol. The van der Waals surface area contributed by atoms with Gasteiger partial charge in [0.2, 0.25) is 6.79 Å². The summed E-state index contributed by atoms with van der Waals surface area (Å²) in [4.78, 5) is 14.1. The lowest BCUT2D eigenvalue weighted by Crippen LogP contribution is -2.45. The molecule has 1 aromatic carbocycles. The van der Waals surface area contributed by atoms with E-state index in [0.29, 0.717) is 30.7 Å². The van der Waals surface area contributed by atoms with Crippen LogP contribution < -0.4 is 19.5 Å². The molecule has 6 nitrogen and oxygen atoms in total. The Morgan fingerprint density at radius 2 is 2.00 bits per heavy atom. The summed E-state index contributed by atoms with van der Waals surface area (Å²) in [6, 6.07) is 5.80. The molecule has 0 saturated heterocycles. The quantitative estimate of drug-likeness (QED) is 0.841. The minimum Gasteiger partial charge on any atom is -0.492 e. The van der Waals surface area contributed by atoms with E-state index < -0.39 is 0 Å². The van der Waals surface area contributed by atoms with Gasteiger partial charge in [0.1, 0.15) is 12.4 Å². The van der Waals surface area contributed by atoms with Crippen molar-refractivity contribution in [2.24, 2.45) is 5.92 Å². The van der Waals surface area contributed by atoms with Gasteiger partial charge in [0.05, 0.1) is 6.54 Å². The second-order valence-corrected chi connectivity index (χ2v) is 6.62. The fourth-order valence-electron chi connectivity index (χ4n) is 3.21. The Kier molecular flexibility index (Phi) is 5.33. The molecule has 0 bridgehead atoms. The molecule has 24 heavy (non-hydrogen) atoms. The summed E-state index contributed by atoms with van der Waals surface area (Å²) in [5.74, 6) is 2.93. The first kappa shape index (κ1) is 16.7. The molecular formula is C18H26N2O4. The molecule has 132 valence electrons. The molecule has 0 atom stereocenters. The first-order chi connectivity index (χ1) is 11.6.